The van der Waals surface area contributed by atoms with Gasteiger partial charge in [-0.3, -0.25) is 0 Å². The largest absolute Gasteiger partial charge is 0.445 e. The van der Waals surface area contributed by atoms with Crippen molar-refractivity contribution in [1.29, 1.82) is 0 Å². The number of nitrogens with one attached hydrogen (secondary N) is 1. The number of hydrogen-bond acceptors (Lipinski definition) is 3. The highest BCUT2D eigenvalue weighted by molar-refractivity contribution is 7.98. The summed E-state index contributed by atoms with van der Waals surface area (Å²) in [6.07, 6.45) is 3.03. The lowest BCUT2D eigenvalue weighted by Crippen LogP contribution is -2.23. The standard InChI is InChI=1S/C6H11NO2S/c1-3-4-9-6(8)7-5-10-2/h3H,1,4-5H2,2H3,(H,7,8). The first-order valence-corrected chi connectivity index (χ1v) is 4.21. The van der Waals surface area contributed by atoms with Gasteiger partial charge in [-0.1, -0.05) is 12.7 Å². The zero-order chi connectivity index (χ0) is 7.82. The second-order valence-corrected chi connectivity index (χ2v) is 2.36. The van der Waals surface area contributed by atoms with Gasteiger partial charge in [0.2, 0.25) is 0 Å². The van der Waals surface area contributed by atoms with E-state index in [4.69, 9.17) is 0 Å². The lowest BCUT2D eigenvalue weighted by atomic mass is 10.7. The minimum Gasteiger partial charge on any atom is -0.445 e. The Balaban J connectivity index is 3.16. The molecule has 0 spiro atoms. The number of carbonyl (C=O) groups excluding carboxylic acids is 1. The van der Waals surface area contributed by atoms with Crippen LogP contribution in [0.2, 0.25) is 0 Å². The van der Waals surface area contributed by atoms with Gasteiger partial charge >= 0.3 is 6.09 Å². The molecule has 0 aromatic heterocycles. The molecule has 0 fully saturated rings. The number of rotatable bonds is 4. The van der Waals surface area contributed by atoms with E-state index in [1.807, 2.05) is 6.26 Å². The lowest BCUT2D eigenvalue weighted by Gasteiger charge is -2.01. The Morgan fingerprint density at radius 3 is 3.10 bits per heavy atom. The first-order valence-electron chi connectivity index (χ1n) is 2.81. The van der Waals surface area contributed by atoms with E-state index in [0.717, 1.165) is 0 Å². The Morgan fingerprint density at radius 1 is 1.90 bits per heavy atom. The summed E-state index contributed by atoms with van der Waals surface area (Å²) >= 11 is 1.53. The van der Waals surface area contributed by atoms with E-state index >= 15 is 0 Å². The molecule has 0 bridgehead atoms. The van der Waals surface area contributed by atoms with Crippen LogP contribution in [-0.2, 0) is 4.74 Å². The minimum atomic E-state index is -0.394. The van der Waals surface area contributed by atoms with Gasteiger partial charge in [-0.25, -0.2) is 4.79 Å². The van der Waals surface area contributed by atoms with Gasteiger partial charge in [0.1, 0.15) is 6.61 Å². The second kappa shape index (κ2) is 6.48. The Kier molecular flexibility index (Phi) is 6.06. The van der Waals surface area contributed by atoms with E-state index in [0.29, 0.717) is 5.88 Å². The third-order valence-electron chi connectivity index (χ3n) is 0.693. The summed E-state index contributed by atoms with van der Waals surface area (Å²) in [5.41, 5.74) is 0. The van der Waals surface area contributed by atoms with Gasteiger partial charge in [0.15, 0.2) is 0 Å². The van der Waals surface area contributed by atoms with Gasteiger partial charge < -0.3 is 10.1 Å². The first-order chi connectivity index (χ1) is 4.81. The van der Waals surface area contributed by atoms with Gasteiger partial charge in [0, 0.05) is 0 Å². The highest BCUT2D eigenvalue weighted by Gasteiger charge is 1.95. The van der Waals surface area contributed by atoms with Crippen molar-refractivity contribution in [2.45, 2.75) is 0 Å². The fraction of sp³-hybridized carbons (Fsp3) is 0.500. The average Bonchev–Trinajstić information content (AvgIpc) is 1.97. The maximum Gasteiger partial charge on any atom is 0.408 e. The van der Waals surface area contributed by atoms with Crippen molar-refractivity contribution >= 4 is 17.9 Å². The van der Waals surface area contributed by atoms with Crippen molar-refractivity contribution in [3.8, 4) is 0 Å². The molecule has 0 aromatic rings. The lowest BCUT2D eigenvalue weighted by molar-refractivity contribution is 0.160. The highest BCUT2D eigenvalue weighted by atomic mass is 32.2. The molecule has 58 valence electrons. The summed E-state index contributed by atoms with van der Waals surface area (Å²) in [5.74, 6) is 0.579. The third-order valence-corrected chi connectivity index (χ3v) is 1.13. The second-order valence-electron chi connectivity index (χ2n) is 1.50. The fourth-order valence-electron chi connectivity index (χ4n) is 0.317. The summed E-state index contributed by atoms with van der Waals surface area (Å²) < 4.78 is 4.61. The molecule has 0 radical (unpaired) electrons. The molecule has 0 rings (SSSR count). The van der Waals surface area contributed by atoms with Gasteiger partial charge in [-0.2, -0.15) is 0 Å². The van der Waals surface area contributed by atoms with E-state index < -0.39 is 6.09 Å². The van der Waals surface area contributed by atoms with Crippen LogP contribution in [0.1, 0.15) is 0 Å². The quantitative estimate of drug-likeness (QED) is 0.497. The molecule has 0 saturated carbocycles. The van der Waals surface area contributed by atoms with Crippen molar-refractivity contribution in [3.05, 3.63) is 12.7 Å². The molecule has 0 aliphatic carbocycles. The number of amides is 1. The monoisotopic (exact) mass is 161 g/mol. The summed E-state index contributed by atoms with van der Waals surface area (Å²) in [5, 5.41) is 2.52. The molecule has 0 saturated heterocycles. The number of ether oxygens (including phenoxy) is 1. The van der Waals surface area contributed by atoms with E-state index in [-0.39, 0.29) is 6.61 Å². The van der Waals surface area contributed by atoms with Crippen molar-refractivity contribution < 1.29 is 9.53 Å². The molecule has 3 nitrogen and oxygen atoms in total. The van der Waals surface area contributed by atoms with Crippen LogP contribution in [0.15, 0.2) is 12.7 Å². The van der Waals surface area contributed by atoms with Gasteiger partial charge in [0.05, 0.1) is 5.88 Å². The fourth-order valence-corrected chi connectivity index (χ4v) is 0.579. The molecule has 0 heterocycles. The van der Waals surface area contributed by atoms with Crippen molar-refractivity contribution in [2.75, 3.05) is 18.7 Å². The number of alkyl carbamates (subject to hydrolysis) is 1. The van der Waals surface area contributed by atoms with E-state index in [2.05, 4.69) is 16.6 Å². The van der Waals surface area contributed by atoms with Crippen LogP contribution < -0.4 is 5.32 Å². The predicted molar refractivity (Wildman–Crippen MR) is 43.1 cm³/mol. The van der Waals surface area contributed by atoms with Gasteiger partial charge in [0.25, 0.3) is 0 Å². The zero-order valence-electron chi connectivity index (χ0n) is 5.92. The van der Waals surface area contributed by atoms with E-state index in [1.54, 1.807) is 0 Å². The summed E-state index contributed by atoms with van der Waals surface area (Å²) in [7, 11) is 0. The summed E-state index contributed by atoms with van der Waals surface area (Å²) in [6.45, 7) is 3.67. The maximum absolute atomic E-state index is 10.6. The topological polar surface area (TPSA) is 38.3 Å². The molecule has 1 N–H and O–H groups in total. The van der Waals surface area contributed by atoms with Crippen LogP contribution >= 0.6 is 11.8 Å². The minimum absolute atomic E-state index is 0.264. The molecule has 4 heteroatoms. The number of carbonyl (C=O) groups is 1. The normalized spacial score (nSPS) is 8.50. The Hall–Kier alpha value is -0.640. The maximum atomic E-state index is 10.6. The Labute approximate surface area is 64.8 Å². The van der Waals surface area contributed by atoms with Crippen molar-refractivity contribution in [3.63, 3.8) is 0 Å². The molecule has 1 amide bonds. The van der Waals surface area contributed by atoms with E-state index in [1.165, 1.54) is 17.8 Å². The molecule has 10 heavy (non-hydrogen) atoms. The molecule has 0 aliphatic heterocycles. The molecule has 0 aliphatic rings. The van der Waals surface area contributed by atoms with Crippen LogP contribution in [0, 0.1) is 0 Å². The van der Waals surface area contributed by atoms with Crippen LogP contribution in [0.25, 0.3) is 0 Å². The summed E-state index contributed by atoms with van der Waals surface area (Å²) in [6, 6.07) is 0. The number of hydrogen-bond donors (Lipinski definition) is 1. The number of thioether (sulfide) groups is 1. The average molecular weight is 161 g/mol. The van der Waals surface area contributed by atoms with Crippen LogP contribution in [0.4, 0.5) is 4.79 Å². The Bertz CT molecular complexity index is 116. The van der Waals surface area contributed by atoms with Crippen LogP contribution in [-0.4, -0.2) is 24.8 Å². The van der Waals surface area contributed by atoms with E-state index in [9.17, 15) is 4.79 Å². The molecular weight excluding hydrogens is 150 g/mol. The van der Waals surface area contributed by atoms with Crippen molar-refractivity contribution in [2.24, 2.45) is 0 Å². The molecule has 0 unspecified atom stereocenters. The van der Waals surface area contributed by atoms with Crippen molar-refractivity contribution in [1.82, 2.24) is 5.32 Å². The van der Waals surface area contributed by atoms with Gasteiger partial charge in [-0.15, -0.1) is 11.8 Å². The van der Waals surface area contributed by atoms with Crippen LogP contribution in [0.5, 0.6) is 0 Å². The SMILES string of the molecule is C=CCOC(=O)NCSC. The Morgan fingerprint density at radius 2 is 2.60 bits per heavy atom. The predicted octanol–water partition coefficient (Wildman–Crippen LogP) is 1.22. The summed E-state index contributed by atoms with van der Waals surface area (Å²) in [4.78, 5) is 10.6. The third kappa shape index (κ3) is 5.50. The van der Waals surface area contributed by atoms with Crippen LogP contribution in [0.3, 0.4) is 0 Å². The molecular formula is C6H11NO2S. The molecule has 0 aromatic carbocycles. The molecule has 0 atom stereocenters. The van der Waals surface area contributed by atoms with Gasteiger partial charge in [-0.05, 0) is 6.26 Å². The highest BCUT2D eigenvalue weighted by Crippen LogP contribution is 1.86. The smallest absolute Gasteiger partial charge is 0.408 e. The zero-order valence-corrected chi connectivity index (χ0v) is 6.74. The first kappa shape index (κ1) is 9.36.